The maximum absolute atomic E-state index is 12.2. The molecule has 0 bridgehead atoms. The summed E-state index contributed by atoms with van der Waals surface area (Å²) in [5.74, 6) is -1.52. The lowest BCUT2D eigenvalue weighted by molar-refractivity contribution is -0.140. The molecule has 2 rings (SSSR count). The minimum absolute atomic E-state index is 0.0632. The van der Waals surface area contributed by atoms with E-state index in [0.29, 0.717) is 13.0 Å². The molecule has 1 saturated heterocycles. The molecule has 1 aromatic carbocycles. The predicted octanol–water partition coefficient (Wildman–Crippen LogP) is 0.763. The van der Waals surface area contributed by atoms with E-state index >= 15 is 0 Å². The molecule has 1 aliphatic heterocycles. The number of nitrogens with one attached hydrogen (secondary N) is 1. The molecule has 2 atom stereocenters. The lowest BCUT2D eigenvalue weighted by atomic mass is 10.0. The topological polar surface area (TPSA) is 92.7 Å². The number of carboxylic acid groups (broad SMARTS) is 1. The van der Waals surface area contributed by atoms with Crippen LogP contribution in [0.3, 0.4) is 0 Å². The molecule has 1 fully saturated rings. The molecule has 2 N–H and O–H groups in total. The van der Waals surface area contributed by atoms with Crippen molar-refractivity contribution in [1.29, 1.82) is 0 Å². The highest BCUT2D eigenvalue weighted by molar-refractivity contribution is 7.89. The Bertz CT molecular complexity index is 575. The van der Waals surface area contributed by atoms with Gasteiger partial charge in [-0.3, -0.25) is 4.79 Å². The molecular formula is C13H17NO5S. The zero-order chi connectivity index (χ0) is 14.8. The van der Waals surface area contributed by atoms with Gasteiger partial charge in [0.1, 0.15) is 6.04 Å². The van der Waals surface area contributed by atoms with Crippen LogP contribution in [0.4, 0.5) is 0 Å². The average molecular weight is 299 g/mol. The second-order valence-electron chi connectivity index (χ2n) is 4.87. The SMILES string of the molecule is Cc1ccc(S(=O)(=O)N[C@H](C(=O)O)C2CCOC2)cc1. The van der Waals surface area contributed by atoms with E-state index in [0.717, 1.165) is 5.56 Å². The Morgan fingerprint density at radius 3 is 2.55 bits per heavy atom. The van der Waals surface area contributed by atoms with Gasteiger partial charge in [-0.25, -0.2) is 8.42 Å². The van der Waals surface area contributed by atoms with E-state index < -0.39 is 22.0 Å². The summed E-state index contributed by atoms with van der Waals surface area (Å²) in [6.07, 6.45) is 0.535. The number of rotatable bonds is 5. The molecule has 0 amide bonds. The second kappa shape index (κ2) is 5.90. The Balaban J connectivity index is 2.20. The Morgan fingerprint density at radius 1 is 1.40 bits per heavy atom. The normalized spacial score (nSPS) is 20.8. The predicted molar refractivity (Wildman–Crippen MR) is 71.9 cm³/mol. The minimum Gasteiger partial charge on any atom is -0.480 e. The van der Waals surface area contributed by atoms with Crippen molar-refractivity contribution < 1.29 is 23.1 Å². The Labute approximate surface area is 117 Å². The van der Waals surface area contributed by atoms with E-state index in [4.69, 9.17) is 4.74 Å². The van der Waals surface area contributed by atoms with Crippen molar-refractivity contribution in [2.24, 2.45) is 5.92 Å². The molecule has 1 aliphatic rings. The zero-order valence-corrected chi connectivity index (χ0v) is 11.9. The van der Waals surface area contributed by atoms with Crippen molar-refractivity contribution in [2.75, 3.05) is 13.2 Å². The van der Waals surface area contributed by atoms with Crippen LogP contribution < -0.4 is 4.72 Å². The first-order valence-electron chi connectivity index (χ1n) is 6.30. The molecule has 0 spiro atoms. The van der Waals surface area contributed by atoms with Gasteiger partial charge in [0.25, 0.3) is 0 Å². The molecule has 0 aliphatic carbocycles. The Hall–Kier alpha value is -1.44. The van der Waals surface area contributed by atoms with Gasteiger partial charge in [-0.15, -0.1) is 0 Å². The first-order valence-corrected chi connectivity index (χ1v) is 7.78. The molecule has 20 heavy (non-hydrogen) atoms. The summed E-state index contributed by atoms with van der Waals surface area (Å²) in [7, 11) is -3.85. The Morgan fingerprint density at radius 2 is 2.05 bits per heavy atom. The first kappa shape index (κ1) is 15.0. The van der Waals surface area contributed by atoms with Gasteiger partial charge in [0.2, 0.25) is 10.0 Å². The standard InChI is InChI=1S/C13H17NO5S/c1-9-2-4-11(5-3-9)20(17,18)14-12(13(15)16)10-6-7-19-8-10/h2-5,10,12,14H,6-8H2,1H3,(H,15,16)/t10?,12-/m0/s1. The van der Waals surface area contributed by atoms with E-state index in [2.05, 4.69) is 4.72 Å². The number of hydrogen-bond donors (Lipinski definition) is 2. The van der Waals surface area contributed by atoms with Crippen LogP contribution in [-0.2, 0) is 19.6 Å². The minimum atomic E-state index is -3.85. The van der Waals surface area contributed by atoms with E-state index in [1.54, 1.807) is 12.1 Å². The molecule has 1 aromatic rings. The third kappa shape index (κ3) is 3.36. The van der Waals surface area contributed by atoms with Gasteiger partial charge < -0.3 is 9.84 Å². The van der Waals surface area contributed by atoms with Crippen LogP contribution in [-0.4, -0.2) is 38.7 Å². The van der Waals surface area contributed by atoms with E-state index in [1.165, 1.54) is 12.1 Å². The number of aryl methyl sites for hydroxylation is 1. The number of aliphatic carboxylic acids is 1. The number of ether oxygens (including phenoxy) is 1. The van der Waals surface area contributed by atoms with Gasteiger partial charge in [-0.05, 0) is 25.5 Å². The van der Waals surface area contributed by atoms with Crippen LogP contribution in [0.25, 0.3) is 0 Å². The molecule has 1 heterocycles. The van der Waals surface area contributed by atoms with Gasteiger partial charge in [0, 0.05) is 12.5 Å². The third-order valence-corrected chi connectivity index (χ3v) is 4.77. The fourth-order valence-electron chi connectivity index (χ4n) is 2.12. The lowest BCUT2D eigenvalue weighted by Crippen LogP contribution is -2.46. The van der Waals surface area contributed by atoms with E-state index in [-0.39, 0.29) is 17.4 Å². The molecule has 0 aromatic heterocycles. The van der Waals surface area contributed by atoms with Gasteiger partial charge in [-0.2, -0.15) is 4.72 Å². The molecule has 0 saturated carbocycles. The van der Waals surface area contributed by atoms with Crippen molar-refractivity contribution in [3.05, 3.63) is 29.8 Å². The number of carbonyl (C=O) groups is 1. The van der Waals surface area contributed by atoms with Crippen molar-refractivity contribution in [1.82, 2.24) is 4.72 Å². The van der Waals surface area contributed by atoms with Crippen LogP contribution in [0.15, 0.2) is 29.2 Å². The third-order valence-electron chi connectivity index (χ3n) is 3.32. The number of benzene rings is 1. The molecular weight excluding hydrogens is 282 g/mol. The molecule has 6 nitrogen and oxygen atoms in total. The molecule has 1 unspecified atom stereocenters. The van der Waals surface area contributed by atoms with Gasteiger partial charge in [0.05, 0.1) is 11.5 Å². The van der Waals surface area contributed by atoms with Crippen molar-refractivity contribution in [3.63, 3.8) is 0 Å². The van der Waals surface area contributed by atoms with Crippen molar-refractivity contribution in [2.45, 2.75) is 24.3 Å². The smallest absolute Gasteiger partial charge is 0.322 e. The van der Waals surface area contributed by atoms with Crippen LogP contribution in [0, 0.1) is 12.8 Å². The second-order valence-corrected chi connectivity index (χ2v) is 6.59. The van der Waals surface area contributed by atoms with Crippen LogP contribution >= 0.6 is 0 Å². The monoisotopic (exact) mass is 299 g/mol. The quantitative estimate of drug-likeness (QED) is 0.837. The molecule has 110 valence electrons. The largest absolute Gasteiger partial charge is 0.480 e. The summed E-state index contributed by atoms with van der Waals surface area (Å²) in [4.78, 5) is 11.3. The van der Waals surface area contributed by atoms with Crippen LogP contribution in [0.1, 0.15) is 12.0 Å². The average Bonchev–Trinajstić information content (AvgIpc) is 2.90. The summed E-state index contributed by atoms with van der Waals surface area (Å²) in [5.41, 5.74) is 0.933. The number of carboxylic acids is 1. The van der Waals surface area contributed by atoms with Gasteiger partial charge >= 0.3 is 5.97 Å². The van der Waals surface area contributed by atoms with Crippen molar-refractivity contribution in [3.8, 4) is 0 Å². The maximum Gasteiger partial charge on any atom is 0.322 e. The highest BCUT2D eigenvalue weighted by Gasteiger charge is 2.34. The van der Waals surface area contributed by atoms with E-state index in [1.807, 2.05) is 6.92 Å². The van der Waals surface area contributed by atoms with E-state index in [9.17, 15) is 18.3 Å². The summed E-state index contributed by atoms with van der Waals surface area (Å²) < 4.78 is 31.8. The number of hydrogen-bond acceptors (Lipinski definition) is 4. The van der Waals surface area contributed by atoms with Crippen LogP contribution in [0.5, 0.6) is 0 Å². The fraction of sp³-hybridized carbons (Fsp3) is 0.462. The molecule has 0 radical (unpaired) electrons. The summed E-state index contributed by atoms with van der Waals surface area (Å²) in [6, 6.07) is 5.10. The van der Waals surface area contributed by atoms with Gasteiger partial charge in [-0.1, -0.05) is 17.7 Å². The fourth-order valence-corrected chi connectivity index (χ4v) is 3.37. The highest BCUT2D eigenvalue weighted by atomic mass is 32.2. The maximum atomic E-state index is 12.2. The number of sulfonamides is 1. The lowest BCUT2D eigenvalue weighted by Gasteiger charge is -2.19. The van der Waals surface area contributed by atoms with Crippen molar-refractivity contribution >= 4 is 16.0 Å². The summed E-state index contributed by atoms with van der Waals surface area (Å²) >= 11 is 0. The summed E-state index contributed by atoms with van der Waals surface area (Å²) in [6.45, 7) is 2.56. The summed E-state index contributed by atoms with van der Waals surface area (Å²) in [5, 5.41) is 9.21. The molecule has 7 heteroatoms. The Kier molecular flexibility index (Phi) is 4.42. The zero-order valence-electron chi connectivity index (χ0n) is 11.1. The first-order chi connectivity index (χ1) is 9.40. The van der Waals surface area contributed by atoms with Crippen LogP contribution in [0.2, 0.25) is 0 Å². The van der Waals surface area contributed by atoms with Gasteiger partial charge in [0.15, 0.2) is 0 Å². The highest BCUT2D eigenvalue weighted by Crippen LogP contribution is 2.19.